The van der Waals surface area contributed by atoms with Crippen LogP contribution in [-0.4, -0.2) is 19.6 Å². The lowest BCUT2D eigenvalue weighted by Gasteiger charge is -2.14. The van der Waals surface area contributed by atoms with Crippen molar-refractivity contribution in [1.82, 2.24) is 13.7 Å². The molecule has 1 amide bonds. The normalized spacial score (nSPS) is 11.2. The molecule has 0 bridgehead atoms. The lowest BCUT2D eigenvalue weighted by molar-refractivity contribution is 0.102. The minimum Gasteiger partial charge on any atom is -0.322 e. The van der Waals surface area contributed by atoms with Crippen LogP contribution in [0, 0.1) is 0 Å². The molecule has 2 aromatic heterocycles. The number of amides is 1. The molecule has 0 radical (unpaired) electrons. The van der Waals surface area contributed by atoms with E-state index in [1.165, 1.54) is 30.3 Å². The highest BCUT2D eigenvalue weighted by Gasteiger charge is 2.20. The minimum absolute atomic E-state index is 0.0167. The van der Waals surface area contributed by atoms with Crippen molar-refractivity contribution in [2.75, 3.05) is 5.32 Å². The predicted molar refractivity (Wildman–Crippen MR) is 108 cm³/mol. The van der Waals surface area contributed by atoms with Crippen molar-refractivity contribution in [3.8, 4) is 0 Å². The molecule has 0 spiro atoms. The monoisotopic (exact) mass is 382 g/mol. The molecule has 1 aromatic carbocycles. The van der Waals surface area contributed by atoms with Gasteiger partial charge in [-0.25, -0.2) is 4.79 Å². The largest absolute Gasteiger partial charge is 0.332 e. The van der Waals surface area contributed by atoms with Gasteiger partial charge in [0.1, 0.15) is 5.65 Å². The SMILES string of the molecule is CC(C)c1ccc(NC(=O)c2cc(=O)n(C)c3c2c(=O)n(C)c(=O)n3C)cc1. The van der Waals surface area contributed by atoms with Crippen LogP contribution < -0.4 is 22.1 Å². The number of nitrogens with zero attached hydrogens (tertiary/aromatic N) is 3. The Kier molecular flexibility index (Phi) is 4.80. The van der Waals surface area contributed by atoms with E-state index in [2.05, 4.69) is 19.2 Å². The van der Waals surface area contributed by atoms with Crippen LogP contribution >= 0.6 is 0 Å². The Hall–Kier alpha value is -3.42. The summed E-state index contributed by atoms with van der Waals surface area (Å²) in [7, 11) is 4.24. The molecule has 0 aliphatic carbocycles. The predicted octanol–water partition coefficient (Wildman–Crippen LogP) is 1.31. The summed E-state index contributed by atoms with van der Waals surface area (Å²) in [5.41, 5.74) is 0.00769. The zero-order valence-corrected chi connectivity index (χ0v) is 16.4. The first-order valence-electron chi connectivity index (χ1n) is 8.84. The van der Waals surface area contributed by atoms with Crippen LogP contribution in [0.5, 0.6) is 0 Å². The standard InChI is InChI=1S/C20H22N4O4/c1-11(2)12-6-8-13(9-7-12)21-17(26)14-10-15(25)22(3)18-16(14)19(27)24(5)20(28)23(18)4/h6-11H,1-5H3,(H,21,26). The van der Waals surface area contributed by atoms with Gasteiger partial charge in [0.15, 0.2) is 0 Å². The maximum Gasteiger partial charge on any atom is 0.332 e. The smallest absolute Gasteiger partial charge is 0.322 e. The number of fused-ring (bicyclic) bond motifs is 1. The molecule has 0 aliphatic rings. The molecule has 8 nitrogen and oxygen atoms in total. The first kappa shape index (κ1) is 19.3. The minimum atomic E-state index is -0.631. The lowest BCUT2D eigenvalue weighted by atomic mass is 10.0. The van der Waals surface area contributed by atoms with Gasteiger partial charge in [0, 0.05) is 32.9 Å². The van der Waals surface area contributed by atoms with E-state index in [1.54, 1.807) is 12.1 Å². The van der Waals surface area contributed by atoms with Crippen molar-refractivity contribution in [2.45, 2.75) is 19.8 Å². The fourth-order valence-electron chi connectivity index (χ4n) is 3.19. The Morgan fingerprint density at radius 1 is 0.929 bits per heavy atom. The van der Waals surface area contributed by atoms with Crippen LogP contribution in [0.1, 0.15) is 35.7 Å². The van der Waals surface area contributed by atoms with E-state index in [0.29, 0.717) is 11.6 Å². The molecule has 0 saturated carbocycles. The molecule has 0 fully saturated rings. The van der Waals surface area contributed by atoms with E-state index in [4.69, 9.17) is 0 Å². The quantitative estimate of drug-likeness (QED) is 0.739. The van der Waals surface area contributed by atoms with Gasteiger partial charge in [-0.15, -0.1) is 0 Å². The van der Waals surface area contributed by atoms with Gasteiger partial charge in [-0.2, -0.15) is 0 Å². The lowest BCUT2D eigenvalue weighted by Crippen LogP contribution is -2.40. The van der Waals surface area contributed by atoms with Gasteiger partial charge in [0.2, 0.25) is 0 Å². The summed E-state index contributed by atoms with van der Waals surface area (Å²) in [6, 6.07) is 8.47. The maximum absolute atomic E-state index is 12.9. The van der Waals surface area contributed by atoms with E-state index < -0.39 is 22.7 Å². The summed E-state index contributed by atoms with van der Waals surface area (Å²) < 4.78 is 3.29. The Morgan fingerprint density at radius 2 is 1.54 bits per heavy atom. The number of benzene rings is 1. The number of anilines is 1. The van der Waals surface area contributed by atoms with Crippen molar-refractivity contribution in [3.63, 3.8) is 0 Å². The molecule has 0 saturated heterocycles. The van der Waals surface area contributed by atoms with Gasteiger partial charge in [-0.1, -0.05) is 26.0 Å². The first-order valence-corrected chi connectivity index (χ1v) is 8.84. The third kappa shape index (κ3) is 3.06. The highest BCUT2D eigenvalue weighted by Crippen LogP contribution is 2.18. The van der Waals surface area contributed by atoms with Gasteiger partial charge in [-0.3, -0.25) is 28.1 Å². The van der Waals surface area contributed by atoms with Gasteiger partial charge >= 0.3 is 5.69 Å². The number of carbonyl (C=O) groups is 1. The third-order valence-corrected chi connectivity index (χ3v) is 4.90. The number of hydrogen-bond acceptors (Lipinski definition) is 4. The Balaban J connectivity index is 2.19. The van der Waals surface area contributed by atoms with Crippen molar-refractivity contribution < 1.29 is 4.79 Å². The topological polar surface area (TPSA) is 95.1 Å². The van der Waals surface area contributed by atoms with Crippen LogP contribution in [0.15, 0.2) is 44.7 Å². The van der Waals surface area contributed by atoms with Gasteiger partial charge in [0.25, 0.3) is 17.0 Å². The summed E-state index contributed by atoms with van der Waals surface area (Å²) in [5.74, 6) is -0.231. The number of aromatic nitrogens is 3. The van der Waals surface area contributed by atoms with Crippen LogP contribution in [0.25, 0.3) is 11.0 Å². The molecular formula is C20H22N4O4. The van der Waals surface area contributed by atoms with Crippen molar-refractivity contribution in [1.29, 1.82) is 0 Å². The zero-order chi connectivity index (χ0) is 20.7. The molecule has 8 heteroatoms. The number of nitrogens with one attached hydrogen (secondary N) is 1. The number of rotatable bonds is 3. The molecule has 3 aromatic rings. The second kappa shape index (κ2) is 6.95. The van der Waals surface area contributed by atoms with Crippen LogP contribution in [0.4, 0.5) is 5.69 Å². The number of carbonyl (C=O) groups excluding carboxylic acids is 1. The summed E-state index contributed by atoms with van der Waals surface area (Å²) in [4.78, 5) is 50.2. The zero-order valence-electron chi connectivity index (χ0n) is 16.4. The average molecular weight is 382 g/mol. The molecule has 0 aliphatic heterocycles. The Morgan fingerprint density at radius 3 is 2.11 bits per heavy atom. The van der Waals surface area contributed by atoms with E-state index >= 15 is 0 Å². The van der Waals surface area contributed by atoms with Crippen molar-refractivity contribution in [3.05, 3.63) is 72.7 Å². The van der Waals surface area contributed by atoms with E-state index in [9.17, 15) is 19.2 Å². The third-order valence-electron chi connectivity index (χ3n) is 4.90. The van der Waals surface area contributed by atoms with Gasteiger partial charge in [0.05, 0.1) is 10.9 Å². The Labute approximate surface area is 160 Å². The highest BCUT2D eigenvalue weighted by atomic mass is 16.2. The average Bonchev–Trinajstić information content (AvgIpc) is 2.66. The number of aryl methyl sites for hydroxylation is 2. The number of pyridine rings is 1. The fraction of sp³-hybridized carbons (Fsp3) is 0.300. The first-order chi connectivity index (χ1) is 13.1. The molecule has 2 heterocycles. The van der Waals surface area contributed by atoms with Crippen LogP contribution in [0.2, 0.25) is 0 Å². The molecular weight excluding hydrogens is 360 g/mol. The molecule has 3 rings (SSSR count). The summed E-state index contributed by atoms with van der Waals surface area (Å²) >= 11 is 0. The summed E-state index contributed by atoms with van der Waals surface area (Å²) in [5, 5.41) is 2.74. The van der Waals surface area contributed by atoms with Crippen molar-refractivity contribution in [2.24, 2.45) is 21.1 Å². The van der Waals surface area contributed by atoms with E-state index in [1.807, 2.05) is 12.1 Å². The van der Waals surface area contributed by atoms with E-state index in [-0.39, 0.29) is 16.6 Å². The van der Waals surface area contributed by atoms with E-state index in [0.717, 1.165) is 16.2 Å². The second-order valence-corrected chi connectivity index (χ2v) is 7.09. The fourth-order valence-corrected chi connectivity index (χ4v) is 3.19. The molecule has 0 atom stereocenters. The maximum atomic E-state index is 12.9. The summed E-state index contributed by atoms with van der Waals surface area (Å²) in [6.45, 7) is 4.14. The molecule has 146 valence electrons. The molecule has 28 heavy (non-hydrogen) atoms. The van der Waals surface area contributed by atoms with Crippen LogP contribution in [-0.2, 0) is 21.1 Å². The van der Waals surface area contributed by atoms with Crippen LogP contribution in [0.3, 0.4) is 0 Å². The highest BCUT2D eigenvalue weighted by molar-refractivity contribution is 6.11. The second-order valence-electron chi connectivity index (χ2n) is 7.09. The van der Waals surface area contributed by atoms with Crippen molar-refractivity contribution >= 4 is 22.6 Å². The Bertz CT molecular complexity index is 1260. The molecule has 0 unspecified atom stereocenters. The summed E-state index contributed by atoms with van der Waals surface area (Å²) in [6.07, 6.45) is 0. The van der Waals surface area contributed by atoms with Gasteiger partial charge in [-0.05, 0) is 23.6 Å². The number of hydrogen-bond donors (Lipinski definition) is 1. The molecule has 1 N–H and O–H groups in total. The van der Waals surface area contributed by atoms with Gasteiger partial charge < -0.3 is 5.32 Å².